The molecule has 0 amide bonds. The van der Waals surface area contributed by atoms with Crippen molar-refractivity contribution < 1.29 is 19.0 Å². The van der Waals surface area contributed by atoms with Gasteiger partial charge in [-0.1, -0.05) is 13.0 Å². The largest absolute Gasteiger partial charge is 0.478 e. The summed E-state index contributed by atoms with van der Waals surface area (Å²) in [5.41, 5.74) is 0.386. The number of hydrogen-bond donors (Lipinski definition) is 1. The van der Waals surface area contributed by atoms with Gasteiger partial charge in [-0.15, -0.1) is 0 Å². The molecule has 2 rings (SSSR count). The van der Waals surface area contributed by atoms with E-state index in [4.69, 9.17) is 9.84 Å². The van der Waals surface area contributed by atoms with Gasteiger partial charge in [0.25, 0.3) is 0 Å². The van der Waals surface area contributed by atoms with E-state index < -0.39 is 11.8 Å². The highest BCUT2D eigenvalue weighted by atomic mass is 19.1. The van der Waals surface area contributed by atoms with Crippen LogP contribution in [0.3, 0.4) is 0 Å². The molecule has 0 radical (unpaired) electrons. The maximum atomic E-state index is 13.5. The third-order valence-electron chi connectivity index (χ3n) is 3.71. The summed E-state index contributed by atoms with van der Waals surface area (Å²) in [4.78, 5) is 10.7. The van der Waals surface area contributed by atoms with Crippen molar-refractivity contribution in [3.63, 3.8) is 0 Å². The molecule has 4 heteroatoms. The van der Waals surface area contributed by atoms with E-state index in [0.717, 1.165) is 18.8 Å². The summed E-state index contributed by atoms with van der Waals surface area (Å²) in [6.45, 7) is 2.59. The average Bonchev–Trinajstić information content (AvgIpc) is 2.37. The smallest absolute Gasteiger partial charge is 0.338 e. The van der Waals surface area contributed by atoms with E-state index >= 15 is 0 Å². The maximum absolute atomic E-state index is 13.5. The number of benzene rings is 1. The lowest BCUT2D eigenvalue weighted by Gasteiger charge is -2.26. The second kappa shape index (κ2) is 6.15. The SMILES string of the molecule is CC1CCC(OCc2ccc(C(=O)O)c(F)c2)CC1. The number of halogens is 1. The minimum atomic E-state index is -1.24. The van der Waals surface area contributed by atoms with Gasteiger partial charge in [0.05, 0.1) is 18.3 Å². The van der Waals surface area contributed by atoms with Gasteiger partial charge >= 0.3 is 5.97 Å². The molecule has 19 heavy (non-hydrogen) atoms. The first kappa shape index (κ1) is 14.0. The summed E-state index contributed by atoms with van der Waals surface area (Å²) in [5.74, 6) is -1.18. The number of ether oxygens (including phenoxy) is 1. The zero-order valence-corrected chi connectivity index (χ0v) is 11.1. The third kappa shape index (κ3) is 3.77. The minimum Gasteiger partial charge on any atom is -0.478 e. The molecule has 0 bridgehead atoms. The van der Waals surface area contributed by atoms with Crippen molar-refractivity contribution in [2.75, 3.05) is 0 Å². The standard InChI is InChI=1S/C15H19FO3/c1-10-2-5-12(6-3-10)19-9-11-4-7-13(15(17)18)14(16)8-11/h4,7-8,10,12H,2-3,5-6,9H2,1H3,(H,17,18). The monoisotopic (exact) mass is 266 g/mol. The molecule has 1 aromatic rings. The second-order valence-electron chi connectivity index (χ2n) is 5.31. The van der Waals surface area contributed by atoms with Gasteiger partial charge in [-0.05, 0) is 49.3 Å². The molecule has 1 aliphatic rings. The zero-order chi connectivity index (χ0) is 13.8. The van der Waals surface area contributed by atoms with Crippen molar-refractivity contribution in [3.8, 4) is 0 Å². The Morgan fingerprint density at radius 3 is 2.63 bits per heavy atom. The Morgan fingerprint density at radius 2 is 2.05 bits per heavy atom. The van der Waals surface area contributed by atoms with E-state index in [-0.39, 0.29) is 11.7 Å². The molecule has 1 saturated carbocycles. The molecule has 0 saturated heterocycles. The number of hydrogen-bond acceptors (Lipinski definition) is 2. The van der Waals surface area contributed by atoms with E-state index in [0.29, 0.717) is 12.2 Å². The summed E-state index contributed by atoms with van der Waals surface area (Å²) >= 11 is 0. The van der Waals surface area contributed by atoms with Crippen LogP contribution in [0.1, 0.15) is 48.5 Å². The maximum Gasteiger partial charge on any atom is 0.338 e. The lowest BCUT2D eigenvalue weighted by molar-refractivity contribution is 0.00865. The number of rotatable bonds is 4. The fourth-order valence-electron chi connectivity index (χ4n) is 2.43. The van der Waals surface area contributed by atoms with E-state index in [2.05, 4.69) is 6.92 Å². The molecule has 1 N–H and O–H groups in total. The Bertz CT molecular complexity index is 451. The molecule has 0 heterocycles. The molecule has 1 fully saturated rings. The highest BCUT2D eigenvalue weighted by molar-refractivity contribution is 5.87. The predicted octanol–water partition coefficient (Wildman–Crippen LogP) is 3.62. The van der Waals surface area contributed by atoms with Crippen molar-refractivity contribution in [2.45, 2.75) is 45.3 Å². The summed E-state index contributed by atoms with van der Waals surface area (Å²) in [6, 6.07) is 4.15. The first-order valence-electron chi connectivity index (χ1n) is 6.69. The van der Waals surface area contributed by atoms with Crippen LogP contribution in [0.2, 0.25) is 0 Å². The quantitative estimate of drug-likeness (QED) is 0.905. The van der Waals surface area contributed by atoms with Gasteiger partial charge in [0.15, 0.2) is 0 Å². The summed E-state index contributed by atoms with van der Waals surface area (Å²) in [6.07, 6.45) is 4.71. The average molecular weight is 266 g/mol. The molecule has 0 unspecified atom stereocenters. The lowest BCUT2D eigenvalue weighted by Crippen LogP contribution is -2.20. The van der Waals surface area contributed by atoms with Crippen LogP contribution in [-0.2, 0) is 11.3 Å². The number of aromatic carboxylic acids is 1. The molecule has 0 spiro atoms. The van der Waals surface area contributed by atoms with E-state index in [1.54, 1.807) is 6.07 Å². The first-order chi connectivity index (χ1) is 9.06. The van der Waals surface area contributed by atoms with Gasteiger partial charge in [0, 0.05) is 0 Å². The van der Waals surface area contributed by atoms with Crippen molar-refractivity contribution in [2.24, 2.45) is 5.92 Å². The van der Waals surface area contributed by atoms with Crippen LogP contribution in [0.25, 0.3) is 0 Å². The topological polar surface area (TPSA) is 46.5 Å². The van der Waals surface area contributed by atoms with Crippen LogP contribution in [0.5, 0.6) is 0 Å². The van der Waals surface area contributed by atoms with Gasteiger partial charge in [-0.2, -0.15) is 0 Å². The third-order valence-corrected chi connectivity index (χ3v) is 3.71. The van der Waals surface area contributed by atoms with E-state index in [1.165, 1.54) is 25.0 Å². The fraction of sp³-hybridized carbons (Fsp3) is 0.533. The molecule has 3 nitrogen and oxygen atoms in total. The highest BCUT2D eigenvalue weighted by Crippen LogP contribution is 2.26. The van der Waals surface area contributed by atoms with Crippen LogP contribution >= 0.6 is 0 Å². The normalized spacial score (nSPS) is 23.3. The van der Waals surface area contributed by atoms with Gasteiger partial charge in [-0.25, -0.2) is 9.18 Å². The molecule has 1 aromatic carbocycles. The van der Waals surface area contributed by atoms with Gasteiger partial charge in [0.2, 0.25) is 0 Å². The Balaban J connectivity index is 1.89. The van der Waals surface area contributed by atoms with Gasteiger partial charge in [-0.3, -0.25) is 0 Å². The molecular formula is C15H19FO3. The lowest BCUT2D eigenvalue weighted by atomic mass is 9.89. The van der Waals surface area contributed by atoms with Crippen molar-refractivity contribution in [3.05, 3.63) is 35.1 Å². The van der Waals surface area contributed by atoms with Crippen molar-refractivity contribution in [1.82, 2.24) is 0 Å². The van der Waals surface area contributed by atoms with Crippen LogP contribution in [-0.4, -0.2) is 17.2 Å². The fourth-order valence-corrected chi connectivity index (χ4v) is 2.43. The molecule has 0 aliphatic heterocycles. The molecule has 0 atom stereocenters. The predicted molar refractivity (Wildman–Crippen MR) is 69.6 cm³/mol. The first-order valence-corrected chi connectivity index (χ1v) is 6.69. The van der Waals surface area contributed by atoms with Crippen molar-refractivity contribution in [1.29, 1.82) is 0 Å². The number of carboxylic acids is 1. The molecule has 104 valence electrons. The minimum absolute atomic E-state index is 0.249. The van der Waals surface area contributed by atoms with Gasteiger partial charge in [0.1, 0.15) is 5.82 Å². The second-order valence-corrected chi connectivity index (χ2v) is 5.31. The molecule has 1 aliphatic carbocycles. The molecule has 0 aromatic heterocycles. The highest BCUT2D eigenvalue weighted by Gasteiger charge is 2.18. The summed E-state index contributed by atoms with van der Waals surface area (Å²) in [7, 11) is 0. The zero-order valence-electron chi connectivity index (χ0n) is 11.1. The Labute approximate surface area is 112 Å². The Hall–Kier alpha value is -1.42. The van der Waals surface area contributed by atoms with Crippen LogP contribution in [0.4, 0.5) is 4.39 Å². The Kier molecular flexibility index (Phi) is 4.53. The van der Waals surface area contributed by atoms with Crippen LogP contribution in [0.15, 0.2) is 18.2 Å². The van der Waals surface area contributed by atoms with Crippen molar-refractivity contribution >= 4 is 5.97 Å². The molecular weight excluding hydrogens is 247 g/mol. The number of carbonyl (C=O) groups is 1. The number of carboxylic acid groups (broad SMARTS) is 1. The van der Waals surface area contributed by atoms with Crippen LogP contribution < -0.4 is 0 Å². The van der Waals surface area contributed by atoms with E-state index in [1.807, 2.05) is 0 Å². The summed E-state index contributed by atoms with van der Waals surface area (Å²) < 4.78 is 19.2. The van der Waals surface area contributed by atoms with Crippen LogP contribution in [0, 0.1) is 11.7 Å². The van der Waals surface area contributed by atoms with E-state index in [9.17, 15) is 9.18 Å². The van der Waals surface area contributed by atoms with Gasteiger partial charge < -0.3 is 9.84 Å². The Morgan fingerprint density at radius 1 is 1.37 bits per heavy atom. The summed E-state index contributed by atoms with van der Waals surface area (Å²) in [5, 5.41) is 8.74.